The summed E-state index contributed by atoms with van der Waals surface area (Å²) in [6.07, 6.45) is 0. The second-order valence-electron chi connectivity index (χ2n) is 7.01. The average Bonchev–Trinajstić information content (AvgIpc) is 3.22. The Labute approximate surface area is 190 Å². The first-order valence-electron chi connectivity index (χ1n) is 9.94. The van der Waals surface area contributed by atoms with Gasteiger partial charge in [0.2, 0.25) is 5.91 Å². The van der Waals surface area contributed by atoms with Crippen molar-refractivity contribution in [1.29, 1.82) is 5.26 Å². The molecule has 158 valence electrons. The quantitative estimate of drug-likeness (QED) is 0.349. The van der Waals surface area contributed by atoms with Crippen molar-refractivity contribution in [3.8, 4) is 23.0 Å². The fraction of sp³-hybridized carbons (Fsp3) is 0.125. The number of nitrogens with zero attached hydrogens (tertiary/aromatic N) is 5. The second kappa shape index (κ2) is 9.45. The summed E-state index contributed by atoms with van der Waals surface area (Å²) in [7, 11) is 0. The first kappa shape index (κ1) is 21.3. The Morgan fingerprint density at radius 3 is 2.44 bits per heavy atom. The number of carbonyl (C=O) groups excluding carboxylic acids is 1. The zero-order chi connectivity index (χ0) is 22.5. The number of nitrogens with one attached hydrogen (secondary N) is 1. The number of hydrogen-bond acceptors (Lipinski definition) is 6. The molecule has 0 aliphatic heterocycles. The molecule has 32 heavy (non-hydrogen) atoms. The third kappa shape index (κ3) is 4.68. The normalized spacial score (nSPS) is 10.5. The van der Waals surface area contributed by atoms with E-state index in [4.69, 9.17) is 5.10 Å². The van der Waals surface area contributed by atoms with Crippen molar-refractivity contribution >= 4 is 23.5 Å². The van der Waals surface area contributed by atoms with E-state index < -0.39 is 0 Å². The predicted molar refractivity (Wildman–Crippen MR) is 125 cm³/mol. The van der Waals surface area contributed by atoms with Crippen LogP contribution in [0.25, 0.3) is 16.9 Å². The Balaban J connectivity index is 1.58. The third-order valence-corrected chi connectivity index (χ3v) is 5.64. The van der Waals surface area contributed by atoms with E-state index in [0.717, 1.165) is 16.9 Å². The van der Waals surface area contributed by atoms with Crippen LogP contribution in [0.1, 0.15) is 17.1 Å². The lowest BCUT2D eigenvalue weighted by atomic mass is 10.2. The van der Waals surface area contributed by atoms with Gasteiger partial charge in [0.05, 0.1) is 22.8 Å². The Morgan fingerprint density at radius 2 is 1.75 bits per heavy atom. The SMILES string of the molecule is Cc1nc(C)c(C#N)c(SCC(=O)Nc2cc(-c3ccccc3)nn2-c2ccccc2)n1. The van der Waals surface area contributed by atoms with Gasteiger partial charge in [-0.15, -0.1) is 0 Å². The highest BCUT2D eigenvalue weighted by Crippen LogP contribution is 2.26. The number of para-hydroxylation sites is 1. The number of amides is 1. The molecule has 0 spiro atoms. The van der Waals surface area contributed by atoms with Crippen LogP contribution in [0.4, 0.5) is 5.82 Å². The largest absolute Gasteiger partial charge is 0.310 e. The fourth-order valence-electron chi connectivity index (χ4n) is 3.21. The monoisotopic (exact) mass is 440 g/mol. The number of rotatable bonds is 6. The van der Waals surface area contributed by atoms with Gasteiger partial charge in [-0.05, 0) is 26.0 Å². The predicted octanol–water partition coefficient (Wildman–Crippen LogP) is 4.55. The molecule has 1 amide bonds. The van der Waals surface area contributed by atoms with Crippen molar-refractivity contribution in [2.24, 2.45) is 0 Å². The molecule has 0 saturated heterocycles. The van der Waals surface area contributed by atoms with E-state index in [-0.39, 0.29) is 11.7 Å². The lowest BCUT2D eigenvalue weighted by molar-refractivity contribution is -0.113. The van der Waals surface area contributed by atoms with Crippen LogP contribution in [0.5, 0.6) is 0 Å². The Morgan fingerprint density at radius 1 is 1.06 bits per heavy atom. The highest BCUT2D eigenvalue weighted by atomic mass is 32.2. The summed E-state index contributed by atoms with van der Waals surface area (Å²) in [5, 5.41) is 17.6. The maximum absolute atomic E-state index is 12.8. The topological polar surface area (TPSA) is 96.5 Å². The number of anilines is 1. The molecule has 0 unspecified atom stereocenters. The van der Waals surface area contributed by atoms with Crippen LogP contribution >= 0.6 is 11.8 Å². The molecule has 7 nitrogen and oxygen atoms in total. The molecule has 2 aromatic carbocycles. The van der Waals surface area contributed by atoms with Gasteiger partial charge in [0, 0.05) is 11.6 Å². The molecular formula is C24H20N6OS. The van der Waals surface area contributed by atoms with Crippen molar-refractivity contribution in [1.82, 2.24) is 19.7 Å². The minimum absolute atomic E-state index is 0.102. The van der Waals surface area contributed by atoms with Gasteiger partial charge in [-0.25, -0.2) is 14.6 Å². The average molecular weight is 441 g/mol. The fourth-order valence-corrected chi connectivity index (χ4v) is 4.09. The summed E-state index contributed by atoms with van der Waals surface area (Å²) < 4.78 is 1.71. The van der Waals surface area contributed by atoms with Crippen molar-refractivity contribution in [2.45, 2.75) is 18.9 Å². The van der Waals surface area contributed by atoms with E-state index in [2.05, 4.69) is 21.4 Å². The van der Waals surface area contributed by atoms with E-state index in [0.29, 0.717) is 27.9 Å². The van der Waals surface area contributed by atoms with Crippen LogP contribution in [0.3, 0.4) is 0 Å². The van der Waals surface area contributed by atoms with Gasteiger partial charge in [-0.2, -0.15) is 10.4 Å². The van der Waals surface area contributed by atoms with Crippen LogP contribution in [0, 0.1) is 25.2 Å². The molecule has 4 aromatic rings. The van der Waals surface area contributed by atoms with Gasteiger partial charge in [0.15, 0.2) is 0 Å². The van der Waals surface area contributed by atoms with Crippen LogP contribution in [0.15, 0.2) is 71.8 Å². The van der Waals surface area contributed by atoms with Gasteiger partial charge in [0.25, 0.3) is 0 Å². The first-order chi connectivity index (χ1) is 15.5. The van der Waals surface area contributed by atoms with Gasteiger partial charge < -0.3 is 5.32 Å². The zero-order valence-electron chi connectivity index (χ0n) is 17.6. The number of thioether (sulfide) groups is 1. The summed E-state index contributed by atoms with van der Waals surface area (Å²) in [5.41, 5.74) is 3.56. The van der Waals surface area contributed by atoms with E-state index >= 15 is 0 Å². The van der Waals surface area contributed by atoms with Crippen molar-refractivity contribution in [3.63, 3.8) is 0 Å². The van der Waals surface area contributed by atoms with Gasteiger partial charge in [-0.1, -0.05) is 60.3 Å². The first-order valence-corrected chi connectivity index (χ1v) is 10.9. The van der Waals surface area contributed by atoms with Crippen molar-refractivity contribution < 1.29 is 4.79 Å². The maximum Gasteiger partial charge on any atom is 0.235 e. The van der Waals surface area contributed by atoms with E-state index in [1.54, 1.807) is 18.5 Å². The van der Waals surface area contributed by atoms with Gasteiger partial charge in [0.1, 0.15) is 28.3 Å². The number of hydrogen-bond donors (Lipinski definition) is 1. The highest BCUT2D eigenvalue weighted by molar-refractivity contribution is 8.00. The van der Waals surface area contributed by atoms with E-state index in [1.807, 2.05) is 66.7 Å². The number of carbonyl (C=O) groups is 1. The lowest BCUT2D eigenvalue weighted by Gasteiger charge is -2.09. The number of benzene rings is 2. The zero-order valence-corrected chi connectivity index (χ0v) is 18.4. The third-order valence-electron chi connectivity index (χ3n) is 4.67. The standard InChI is InChI=1S/C24H20N6OS/c1-16-20(14-25)24(27-17(2)26-16)32-15-23(31)28-22-13-21(18-9-5-3-6-10-18)29-30(22)19-11-7-4-8-12-19/h3-13H,15H2,1-2H3,(H,28,31). The molecule has 0 atom stereocenters. The Bertz CT molecular complexity index is 1300. The summed E-state index contributed by atoms with van der Waals surface area (Å²) >= 11 is 1.22. The molecule has 2 aromatic heterocycles. The van der Waals surface area contributed by atoms with Crippen molar-refractivity contribution in [3.05, 3.63) is 83.8 Å². The molecule has 0 fully saturated rings. The molecule has 0 aliphatic rings. The molecule has 0 radical (unpaired) electrons. The van der Waals surface area contributed by atoms with Crippen LogP contribution < -0.4 is 5.32 Å². The summed E-state index contributed by atoms with van der Waals surface area (Å²) in [6.45, 7) is 3.53. The summed E-state index contributed by atoms with van der Waals surface area (Å²) in [4.78, 5) is 21.3. The lowest BCUT2D eigenvalue weighted by Crippen LogP contribution is -2.17. The van der Waals surface area contributed by atoms with E-state index in [9.17, 15) is 10.1 Å². The maximum atomic E-state index is 12.8. The number of nitriles is 1. The molecule has 0 bridgehead atoms. The minimum atomic E-state index is -0.218. The Hall–Kier alpha value is -3.96. The number of aromatic nitrogens is 4. The smallest absolute Gasteiger partial charge is 0.235 e. The van der Waals surface area contributed by atoms with Crippen LogP contribution in [0.2, 0.25) is 0 Å². The van der Waals surface area contributed by atoms with Crippen LogP contribution in [-0.4, -0.2) is 31.4 Å². The summed E-state index contributed by atoms with van der Waals surface area (Å²) in [6, 6.07) is 23.4. The van der Waals surface area contributed by atoms with Gasteiger partial charge in [-0.3, -0.25) is 4.79 Å². The van der Waals surface area contributed by atoms with Crippen molar-refractivity contribution in [2.75, 3.05) is 11.1 Å². The Kier molecular flexibility index (Phi) is 6.29. The molecule has 8 heteroatoms. The van der Waals surface area contributed by atoms with E-state index in [1.165, 1.54) is 11.8 Å². The number of aryl methyl sites for hydroxylation is 2. The van der Waals surface area contributed by atoms with Crippen LogP contribution in [-0.2, 0) is 4.79 Å². The molecule has 0 saturated carbocycles. The van der Waals surface area contributed by atoms with Gasteiger partial charge >= 0.3 is 0 Å². The summed E-state index contributed by atoms with van der Waals surface area (Å²) in [5.74, 6) is 1.02. The molecular weight excluding hydrogens is 420 g/mol. The molecule has 4 rings (SSSR count). The highest BCUT2D eigenvalue weighted by Gasteiger charge is 2.16. The second-order valence-corrected chi connectivity index (χ2v) is 7.98. The minimum Gasteiger partial charge on any atom is -0.310 e. The molecule has 0 aliphatic carbocycles. The molecule has 1 N–H and O–H groups in total. The molecule has 2 heterocycles.